The zero-order valence-corrected chi connectivity index (χ0v) is 22.6. The summed E-state index contributed by atoms with van der Waals surface area (Å²) in [6.07, 6.45) is 0.518. The molecule has 1 aliphatic heterocycles. The first kappa shape index (κ1) is 29.6. The predicted molar refractivity (Wildman–Crippen MR) is 139 cm³/mol. The maximum atomic E-state index is 12.2. The number of nitrogens with zero attached hydrogens (tertiary/aromatic N) is 2. The zero-order chi connectivity index (χ0) is 26.9. The molecule has 9 nitrogen and oxygen atoms in total. The van der Waals surface area contributed by atoms with E-state index in [0.29, 0.717) is 25.2 Å². The summed E-state index contributed by atoms with van der Waals surface area (Å²) >= 11 is 0. The van der Waals surface area contributed by atoms with E-state index in [0.717, 1.165) is 31.6 Å². The van der Waals surface area contributed by atoms with Crippen molar-refractivity contribution in [3.05, 3.63) is 29.8 Å². The summed E-state index contributed by atoms with van der Waals surface area (Å²) in [5.41, 5.74) is 0.241. The van der Waals surface area contributed by atoms with Crippen LogP contribution in [0.2, 0.25) is 0 Å². The average Bonchev–Trinajstić information content (AvgIpc) is 2.76. The minimum atomic E-state index is -0.647. The van der Waals surface area contributed by atoms with Gasteiger partial charge in [0.1, 0.15) is 11.2 Å². The first-order valence-electron chi connectivity index (χ1n) is 12.7. The largest absolute Gasteiger partial charge is 0.460 e. The molecule has 1 aliphatic rings. The van der Waals surface area contributed by atoms with Crippen molar-refractivity contribution in [3.63, 3.8) is 0 Å². The van der Waals surface area contributed by atoms with Crippen LogP contribution in [0.3, 0.4) is 0 Å². The van der Waals surface area contributed by atoms with Crippen LogP contribution in [0.1, 0.15) is 78.9 Å². The van der Waals surface area contributed by atoms with Crippen molar-refractivity contribution in [1.82, 2.24) is 9.80 Å². The summed E-state index contributed by atoms with van der Waals surface area (Å²) in [6.45, 7) is 14.6. The molecule has 0 radical (unpaired) electrons. The van der Waals surface area contributed by atoms with Gasteiger partial charge in [0, 0.05) is 38.3 Å². The summed E-state index contributed by atoms with van der Waals surface area (Å²) < 4.78 is 10.7. The van der Waals surface area contributed by atoms with Crippen LogP contribution in [0, 0.1) is 0 Å². The normalized spacial score (nSPS) is 15.8. The molecule has 1 saturated heterocycles. The maximum Gasteiger partial charge on any atom is 0.410 e. The number of piperazine rings is 1. The number of hydrogen-bond donors (Lipinski definition) is 2. The minimum absolute atomic E-state index is 0.0114. The standard InChI is InChI=1S/C27H43N3O6/c1-26(2,3)35-24(33)13-12-23(32)28-21-10-7-9-20(19-21)22(31)11-8-14-29-15-17-30(18-16-29)25(34)36-27(4,5)6/h7,9-10,19,22,31H,8,11-18H2,1-6H3,(H,28,32). The quantitative estimate of drug-likeness (QED) is 0.486. The molecule has 2 amide bonds. The van der Waals surface area contributed by atoms with Crippen LogP contribution in [-0.2, 0) is 19.1 Å². The molecule has 1 heterocycles. The smallest absolute Gasteiger partial charge is 0.410 e. The third-order valence-corrected chi connectivity index (χ3v) is 5.51. The van der Waals surface area contributed by atoms with Gasteiger partial charge in [0.25, 0.3) is 0 Å². The molecule has 0 spiro atoms. The van der Waals surface area contributed by atoms with Gasteiger partial charge in [-0.25, -0.2) is 4.79 Å². The molecule has 1 fully saturated rings. The molecule has 1 aromatic rings. The van der Waals surface area contributed by atoms with Crippen LogP contribution in [0.25, 0.3) is 0 Å². The van der Waals surface area contributed by atoms with Crippen LogP contribution in [-0.4, -0.2) is 76.8 Å². The number of benzene rings is 1. The molecular weight excluding hydrogens is 462 g/mol. The lowest BCUT2D eigenvalue weighted by Gasteiger charge is -2.35. The molecule has 0 aliphatic carbocycles. The van der Waals surface area contributed by atoms with Crippen molar-refractivity contribution in [3.8, 4) is 0 Å². The summed E-state index contributed by atoms with van der Waals surface area (Å²) in [7, 11) is 0. The lowest BCUT2D eigenvalue weighted by atomic mass is 10.0. The van der Waals surface area contributed by atoms with Gasteiger partial charge in [-0.05, 0) is 78.6 Å². The Hall–Kier alpha value is -2.65. The molecule has 2 rings (SSSR count). The number of amides is 2. The Morgan fingerprint density at radius 2 is 1.61 bits per heavy atom. The summed E-state index contributed by atoms with van der Waals surface area (Å²) in [5, 5.41) is 13.4. The van der Waals surface area contributed by atoms with Crippen LogP contribution < -0.4 is 5.32 Å². The summed E-state index contributed by atoms with van der Waals surface area (Å²) in [5.74, 6) is -0.689. The Labute approximate surface area is 215 Å². The van der Waals surface area contributed by atoms with Crippen LogP contribution in [0.4, 0.5) is 10.5 Å². The number of aliphatic hydroxyl groups is 1. The summed E-state index contributed by atoms with van der Waals surface area (Å²) in [6, 6.07) is 7.14. The van der Waals surface area contributed by atoms with E-state index in [9.17, 15) is 19.5 Å². The molecule has 2 N–H and O–H groups in total. The Kier molecular flexibility index (Phi) is 10.7. The van der Waals surface area contributed by atoms with Crippen molar-refractivity contribution in [2.24, 2.45) is 0 Å². The Morgan fingerprint density at radius 1 is 0.972 bits per heavy atom. The van der Waals surface area contributed by atoms with Gasteiger partial charge >= 0.3 is 12.1 Å². The third kappa shape index (κ3) is 11.4. The van der Waals surface area contributed by atoms with E-state index in [1.807, 2.05) is 26.8 Å². The maximum absolute atomic E-state index is 12.2. The van der Waals surface area contributed by atoms with Gasteiger partial charge in [-0.1, -0.05) is 12.1 Å². The number of rotatable bonds is 9. The predicted octanol–water partition coefficient (Wildman–Crippen LogP) is 4.11. The Balaban J connectivity index is 1.72. The van der Waals surface area contributed by atoms with Crippen LogP contribution >= 0.6 is 0 Å². The number of nitrogens with one attached hydrogen (secondary N) is 1. The molecular formula is C27H43N3O6. The number of aliphatic hydroxyl groups excluding tert-OH is 1. The van der Waals surface area contributed by atoms with Crippen molar-refractivity contribution >= 4 is 23.7 Å². The second kappa shape index (κ2) is 13.1. The highest BCUT2D eigenvalue weighted by Crippen LogP contribution is 2.22. The monoisotopic (exact) mass is 505 g/mol. The number of carbonyl (C=O) groups excluding carboxylic acids is 3. The molecule has 1 unspecified atom stereocenters. The molecule has 1 atom stereocenters. The SMILES string of the molecule is CC(C)(C)OC(=O)CCC(=O)Nc1cccc(C(O)CCCN2CCN(C(=O)OC(C)(C)C)CC2)c1. The van der Waals surface area contributed by atoms with Gasteiger partial charge < -0.3 is 24.8 Å². The second-order valence-corrected chi connectivity index (χ2v) is 11.2. The van der Waals surface area contributed by atoms with E-state index in [1.54, 1.807) is 43.9 Å². The van der Waals surface area contributed by atoms with Crippen LogP contribution in [0.15, 0.2) is 24.3 Å². The van der Waals surface area contributed by atoms with Gasteiger partial charge in [0.2, 0.25) is 5.91 Å². The molecule has 9 heteroatoms. The van der Waals surface area contributed by atoms with E-state index in [4.69, 9.17) is 9.47 Å². The fourth-order valence-corrected chi connectivity index (χ4v) is 3.81. The van der Waals surface area contributed by atoms with E-state index in [1.165, 1.54) is 0 Å². The fraction of sp³-hybridized carbons (Fsp3) is 0.667. The van der Waals surface area contributed by atoms with Gasteiger partial charge in [-0.3, -0.25) is 14.5 Å². The molecule has 0 saturated carbocycles. The Bertz CT molecular complexity index is 882. The summed E-state index contributed by atoms with van der Waals surface area (Å²) in [4.78, 5) is 40.3. The van der Waals surface area contributed by atoms with E-state index in [2.05, 4.69) is 10.2 Å². The van der Waals surface area contributed by atoms with E-state index >= 15 is 0 Å². The van der Waals surface area contributed by atoms with E-state index < -0.39 is 23.3 Å². The first-order chi connectivity index (χ1) is 16.7. The minimum Gasteiger partial charge on any atom is -0.460 e. The number of hydrogen-bond acceptors (Lipinski definition) is 7. The van der Waals surface area contributed by atoms with Crippen molar-refractivity contribution in [2.75, 3.05) is 38.0 Å². The van der Waals surface area contributed by atoms with Gasteiger partial charge in [0.05, 0.1) is 12.5 Å². The number of anilines is 1. The number of ether oxygens (including phenoxy) is 2. The Morgan fingerprint density at radius 3 is 2.22 bits per heavy atom. The second-order valence-electron chi connectivity index (χ2n) is 11.2. The van der Waals surface area contributed by atoms with Crippen molar-refractivity contribution in [2.45, 2.75) is 84.5 Å². The van der Waals surface area contributed by atoms with Crippen LogP contribution in [0.5, 0.6) is 0 Å². The van der Waals surface area contributed by atoms with Crippen molar-refractivity contribution in [1.29, 1.82) is 0 Å². The van der Waals surface area contributed by atoms with Gasteiger partial charge in [0.15, 0.2) is 0 Å². The fourth-order valence-electron chi connectivity index (χ4n) is 3.81. The topological polar surface area (TPSA) is 108 Å². The molecule has 1 aromatic carbocycles. The first-order valence-corrected chi connectivity index (χ1v) is 12.7. The lowest BCUT2D eigenvalue weighted by Crippen LogP contribution is -2.50. The molecule has 0 bridgehead atoms. The highest BCUT2D eigenvalue weighted by Gasteiger charge is 2.25. The molecule has 202 valence electrons. The highest BCUT2D eigenvalue weighted by molar-refractivity contribution is 5.92. The van der Waals surface area contributed by atoms with Gasteiger partial charge in [-0.2, -0.15) is 0 Å². The van der Waals surface area contributed by atoms with E-state index in [-0.39, 0.29) is 24.8 Å². The highest BCUT2D eigenvalue weighted by atomic mass is 16.6. The van der Waals surface area contributed by atoms with Crippen molar-refractivity contribution < 1.29 is 29.0 Å². The number of esters is 1. The average molecular weight is 506 g/mol. The number of carbonyl (C=O) groups is 3. The molecule has 0 aromatic heterocycles. The van der Waals surface area contributed by atoms with Gasteiger partial charge in [-0.15, -0.1) is 0 Å². The molecule has 36 heavy (non-hydrogen) atoms. The third-order valence-electron chi connectivity index (χ3n) is 5.51. The lowest BCUT2D eigenvalue weighted by molar-refractivity contribution is -0.155. The zero-order valence-electron chi connectivity index (χ0n) is 22.6.